The molecule has 2 N–H and O–H groups in total. The predicted octanol–water partition coefficient (Wildman–Crippen LogP) is 3.09. The van der Waals surface area contributed by atoms with E-state index in [4.69, 9.17) is 14.7 Å². The number of methoxy groups -OCH3 is 1. The zero-order valence-corrected chi connectivity index (χ0v) is 15.7. The summed E-state index contributed by atoms with van der Waals surface area (Å²) in [4.78, 5) is 13.7. The first-order valence-corrected chi connectivity index (χ1v) is 9.65. The van der Waals surface area contributed by atoms with E-state index in [0.717, 1.165) is 50.3 Å². The van der Waals surface area contributed by atoms with E-state index in [0.29, 0.717) is 12.0 Å². The number of amides is 1. The lowest BCUT2D eigenvalue weighted by molar-refractivity contribution is -0.134. The van der Waals surface area contributed by atoms with Gasteiger partial charge in [0.1, 0.15) is 0 Å². The molecule has 1 aliphatic carbocycles. The lowest BCUT2D eigenvalue weighted by Gasteiger charge is -2.35. The number of hydroxylamine groups is 1. The Morgan fingerprint density at radius 3 is 2.50 bits per heavy atom. The summed E-state index contributed by atoms with van der Waals surface area (Å²) in [5.74, 6) is 1.76. The van der Waals surface area contributed by atoms with Gasteiger partial charge >= 0.3 is 0 Å². The second-order valence-corrected chi connectivity index (χ2v) is 7.40. The molecule has 1 atom stereocenters. The van der Waals surface area contributed by atoms with E-state index < -0.39 is 0 Å². The normalized spacial score (nSPS) is 20.7. The molecule has 1 aliphatic heterocycles. The van der Waals surface area contributed by atoms with Crippen molar-refractivity contribution < 1.29 is 19.5 Å². The van der Waals surface area contributed by atoms with Crippen LogP contribution in [-0.2, 0) is 4.79 Å². The smallest absolute Gasteiger partial charge is 0.260 e. The van der Waals surface area contributed by atoms with Crippen LogP contribution in [0.1, 0.15) is 56.9 Å². The zero-order chi connectivity index (χ0) is 18.5. The van der Waals surface area contributed by atoms with Crippen LogP contribution in [0, 0.1) is 0 Å². The summed E-state index contributed by atoms with van der Waals surface area (Å²) in [6.07, 6.45) is 7.00. The number of nitrogens with one attached hydrogen (secondary N) is 1. The van der Waals surface area contributed by atoms with Crippen LogP contribution >= 0.6 is 0 Å². The number of nitrogens with zero attached hydrogens (tertiary/aromatic N) is 1. The molecule has 1 heterocycles. The molecule has 0 aromatic heterocycles. The summed E-state index contributed by atoms with van der Waals surface area (Å²) >= 11 is 0. The van der Waals surface area contributed by atoms with Crippen LogP contribution in [0.4, 0.5) is 0 Å². The van der Waals surface area contributed by atoms with E-state index in [-0.39, 0.29) is 11.9 Å². The highest BCUT2D eigenvalue weighted by molar-refractivity contribution is 5.80. The standard InChI is InChI=1S/C20H30N2O4/c1-14(20(23)21-24)22-11-9-15(10-12-22)16-7-8-18(25-2)19(13-16)26-17-5-3-4-6-17/h7-8,13-15,17,24H,3-6,9-12H2,1-2H3,(H,21,23)/t14-/m1/s1. The topological polar surface area (TPSA) is 71.0 Å². The Hall–Kier alpha value is -1.79. The minimum absolute atomic E-state index is 0.304. The van der Waals surface area contributed by atoms with Gasteiger partial charge in [-0.2, -0.15) is 0 Å². The van der Waals surface area contributed by atoms with Gasteiger partial charge in [0.15, 0.2) is 11.5 Å². The summed E-state index contributed by atoms with van der Waals surface area (Å²) in [6.45, 7) is 3.50. The molecular weight excluding hydrogens is 332 g/mol. The van der Waals surface area contributed by atoms with Crippen molar-refractivity contribution in [1.82, 2.24) is 10.4 Å². The minimum atomic E-state index is -0.347. The number of carbonyl (C=O) groups is 1. The van der Waals surface area contributed by atoms with Crippen molar-refractivity contribution in [2.45, 2.75) is 63.5 Å². The third kappa shape index (κ3) is 4.30. The maximum atomic E-state index is 11.6. The van der Waals surface area contributed by atoms with Gasteiger partial charge < -0.3 is 9.47 Å². The van der Waals surface area contributed by atoms with E-state index in [9.17, 15) is 4.79 Å². The third-order valence-corrected chi connectivity index (χ3v) is 5.82. The first kappa shape index (κ1) is 19.0. The van der Waals surface area contributed by atoms with Crippen LogP contribution in [-0.4, -0.2) is 48.4 Å². The Balaban J connectivity index is 1.65. The maximum Gasteiger partial charge on any atom is 0.260 e. The molecule has 2 fully saturated rings. The summed E-state index contributed by atoms with van der Waals surface area (Å²) in [7, 11) is 1.68. The van der Waals surface area contributed by atoms with Crippen molar-refractivity contribution in [2.75, 3.05) is 20.2 Å². The minimum Gasteiger partial charge on any atom is -0.493 e. The average molecular weight is 362 g/mol. The van der Waals surface area contributed by atoms with Crippen LogP contribution in [0.15, 0.2) is 18.2 Å². The Kier molecular flexibility index (Phi) is 6.38. The van der Waals surface area contributed by atoms with Gasteiger partial charge in [-0.15, -0.1) is 0 Å². The van der Waals surface area contributed by atoms with E-state index in [2.05, 4.69) is 17.0 Å². The van der Waals surface area contributed by atoms with Crippen molar-refractivity contribution in [3.63, 3.8) is 0 Å². The number of likely N-dealkylation sites (tertiary alicyclic amines) is 1. The molecule has 6 nitrogen and oxygen atoms in total. The molecule has 0 bridgehead atoms. The number of hydrogen-bond acceptors (Lipinski definition) is 5. The molecule has 0 unspecified atom stereocenters. The van der Waals surface area contributed by atoms with Gasteiger partial charge in [-0.25, -0.2) is 5.48 Å². The van der Waals surface area contributed by atoms with E-state index in [1.807, 2.05) is 13.0 Å². The molecule has 1 aromatic rings. The van der Waals surface area contributed by atoms with E-state index in [1.165, 1.54) is 18.4 Å². The largest absolute Gasteiger partial charge is 0.493 e. The fraction of sp³-hybridized carbons (Fsp3) is 0.650. The number of benzene rings is 1. The Morgan fingerprint density at radius 1 is 1.19 bits per heavy atom. The summed E-state index contributed by atoms with van der Waals surface area (Å²) in [5.41, 5.74) is 3.02. The van der Waals surface area contributed by atoms with Gasteiger partial charge in [-0.05, 0) is 82.2 Å². The van der Waals surface area contributed by atoms with E-state index in [1.54, 1.807) is 12.6 Å². The number of hydrogen-bond donors (Lipinski definition) is 2. The molecule has 1 saturated carbocycles. The highest BCUT2D eigenvalue weighted by Gasteiger charge is 2.28. The first-order valence-electron chi connectivity index (χ1n) is 9.65. The number of carbonyl (C=O) groups excluding carboxylic acids is 1. The molecule has 1 amide bonds. The lowest BCUT2D eigenvalue weighted by atomic mass is 9.88. The molecule has 26 heavy (non-hydrogen) atoms. The summed E-state index contributed by atoms with van der Waals surface area (Å²) in [5, 5.41) is 8.81. The molecule has 3 rings (SSSR count). The number of rotatable bonds is 6. The monoisotopic (exact) mass is 362 g/mol. The number of piperidine rings is 1. The van der Waals surface area contributed by atoms with Gasteiger partial charge in [0.05, 0.1) is 19.3 Å². The van der Waals surface area contributed by atoms with Crippen molar-refractivity contribution >= 4 is 5.91 Å². The molecule has 0 spiro atoms. The van der Waals surface area contributed by atoms with Crippen LogP contribution in [0.25, 0.3) is 0 Å². The zero-order valence-electron chi connectivity index (χ0n) is 15.7. The van der Waals surface area contributed by atoms with Gasteiger partial charge in [0.2, 0.25) is 0 Å². The number of ether oxygens (including phenoxy) is 2. The summed E-state index contributed by atoms with van der Waals surface area (Å²) < 4.78 is 11.7. The lowest BCUT2D eigenvalue weighted by Crippen LogP contribution is -2.47. The van der Waals surface area contributed by atoms with Crippen LogP contribution < -0.4 is 15.0 Å². The third-order valence-electron chi connectivity index (χ3n) is 5.82. The molecule has 2 aliphatic rings. The van der Waals surface area contributed by atoms with Crippen molar-refractivity contribution in [2.24, 2.45) is 0 Å². The van der Waals surface area contributed by atoms with Crippen molar-refractivity contribution in [3.8, 4) is 11.5 Å². The Morgan fingerprint density at radius 2 is 1.88 bits per heavy atom. The average Bonchev–Trinajstić information content (AvgIpc) is 3.20. The van der Waals surface area contributed by atoms with Gasteiger partial charge in [-0.3, -0.25) is 14.9 Å². The van der Waals surface area contributed by atoms with Gasteiger partial charge in [0.25, 0.3) is 5.91 Å². The quantitative estimate of drug-likeness (QED) is 0.601. The molecule has 1 saturated heterocycles. The summed E-state index contributed by atoms with van der Waals surface area (Å²) in [6, 6.07) is 5.97. The fourth-order valence-corrected chi connectivity index (χ4v) is 4.10. The molecule has 144 valence electrons. The first-order chi connectivity index (χ1) is 12.6. The molecule has 6 heteroatoms. The molecule has 0 radical (unpaired) electrons. The van der Waals surface area contributed by atoms with Gasteiger partial charge in [0, 0.05) is 0 Å². The predicted molar refractivity (Wildman–Crippen MR) is 98.8 cm³/mol. The Bertz CT molecular complexity index is 608. The van der Waals surface area contributed by atoms with Gasteiger partial charge in [-0.1, -0.05) is 6.07 Å². The molecule has 1 aromatic carbocycles. The SMILES string of the molecule is COc1ccc(C2CCN([C@H](C)C(=O)NO)CC2)cc1OC1CCCC1. The second kappa shape index (κ2) is 8.73. The van der Waals surface area contributed by atoms with Crippen LogP contribution in [0.2, 0.25) is 0 Å². The highest BCUT2D eigenvalue weighted by atomic mass is 16.5. The second-order valence-electron chi connectivity index (χ2n) is 7.40. The van der Waals surface area contributed by atoms with Crippen LogP contribution in [0.3, 0.4) is 0 Å². The maximum absolute atomic E-state index is 11.6. The van der Waals surface area contributed by atoms with Crippen molar-refractivity contribution in [1.29, 1.82) is 0 Å². The van der Waals surface area contributed by atoms with Crippen molar-refractivity contribution in [3.05, 3.63) is 23.8 Å². The van der Waals surface area contributed by atoms with Crippen LogP contribution in [0.5, 0.6) is 11.5 Å². The molecular formula is C20H30N2O4. The fourth-order valence-electron chi connectivity index (χ4n) is 4.10. The highest BCUT2D eigenvalue weighted by Crippen LogP contribution is 2.37. The van der Waals surface area contributed by atoms with E-state index >= 15 is 0 Å². The Labute approximate surface area is 155 Å².